The second-order valence-electron chi connectivity index (χ2n) is 11.5. The third-order valence-corrected chi connectivity index (χ3v) is 9.07. The van der Waals surface area contributed by atoms with Crippen LogP contribution in [0.3, 0.4) is 0 Å². The van der Waals surface area contributed by atoms with Gasteiger partial charge in [-0.1, -0.05) is 0 Å². The molecule has 2 N–H and O–H groups in total. The minimum absolute atomic E-state index is 0.243. The highest BCUT2D eigenvalue weighted by Crippen LogP contribution is 2.37. The average Bonchev–Trinajstić information content (AvgIpc) is 3.73. The van der Waals surface area contributed by atoms with Crippen molar-refractivity contribution in [2.24, 2.45) is 0 Å². The Morgan fingerprint density at radius 1 is 0.923 bits per heavy atom. The number of urea groups is 1. The summed E-state index contributed by atoms with van der Waals surface area (Å²) in [6.07, 6.45) is 12.1. The molecular formula is C29H38N8O2. The lowest BCUT2D eigenvalue weighted by Gasteiger charge is -2.35. The molecule has 4 aliphatic rings. The Balaban J connectivity index is 1.22. The molecule has 7 rings (SSSR count). The number of benzene rings is 1. The van der Waals surface area contributed by atoms with Crippen molar-refractivity contribution in [3.8, 4) is 11.4 Å². The van der Waals surface area contributed by atoms with Gasteiger partial charge >= 0.3 is 6.03 Å². The van der Waals surface area contributed by atoms with Crippen LogP contribution in [-0.2, 0) is 4.74 Å². The molecule has 5 heterocycles. The monoisotopic (exact) mass is 530 g/mol. The molecule has 10 nitrogen and oxygen atoms in total. The van der Waals surface area contributed by atoms with E-state index in [4.69, 9.17) is 19.8 Å². The third-order valence-electron chi connectivity index (χ3n) is 9.07. The molecule has 3 aromatic rings. The van der Waals surface area contributed by atoms with Crippen LogP contribution in [0.4, 0.5) is 16.3 Å². The number of fused-ring (bicyclic) bond motifs is 3. The maximum atomic E-state index is 11.7. The summed E-state index contributed by atoms with van der Waals surface area (Å²) in [5, 5.41) is 11.4. The number of hydrogen-bond acceptors (Lipinski definition) is 7. The van der Waals surface area contributed by atoms with Crippen molar-refractivity contribution < 1.29 is 9.53 Å². The van der Waals surface area contributed by atoms with Gasteiger partial charge < -0.3 is 25.2 Å². The molecule has 39 heavy (non-hydrogen) atoms. The number of hydrogen-bond donors (Lipinski definition) is 2. The Bertz CT molecular complexity index is 1320. The van der Waals surface area contributed by atoms with Crippen molar-refractivity contribution in [1.29, 1.82) is 0 Å². The number of carbonyl (C=O) groups excluding carboxylic acids is 1. The molecule has 1 aromatic carbocycles. The molecule has 10 heteroatoms. The number of nitrogens with zero attached hydrogens (tertiary/aromatic N) is 6. The highest BCUT2D eigenvalue weighted by atomic mass is 16.5. The highest BCUT2D eigenvalue weighted by Gasteiger charge is 2.36. The van der Waals surface area contributed by atoms with Crippen LogP contribution in [-0.4, -0.2) is 82.2 Å². The second-order valence-corrected chi connectivity index (χ2v) is 11.5. The fourth-order valence-corrected chi connectivity index (χ4v) is 7.01. The van der Waals surface area contributed by atoms with Crippen LogP contribution in [0.2, 0.25) is 0 Å². The van der Waals surface area contributed by atoms with E-state index in [0.717, 1.165) is 72.9 Å². The van der Waals surface area contributed by atoms with Crippen molar-refractivity contribution in [2.75, 3.05) is 43.4 Å². The smallest absolute Gasteiger partial charge is 0.318 e. The van der Waals surface area contributed by atoms with Crippen LogP contribution in [0, 0.1) is 0 Å². The van der Waals surface area contributed by atoms with Crippen LogP contribution < -0.4 is 15.5 Å². The summed E-state index contributed by atoms with van der Waals surface area (Å²) < 4.78 is 8.31. The molecule has 4 fully saturated rings. The first-order chi connectivity index (χ1) is 19.1. The van der Waals surface area contributed by atoms with E-state index in [1.54, 1.807) is 7.05 Å². The molecule has 1 saturated carbocycles. The molecule has 3 aliphatic heterocycles. The number of anilines is 2. The Morgan fingerprint density at radius 2 is 1.62 bits per heavy atom. The fraction of sp³-hybridized carbons (Fsp3) is 0.586. The number of amides is 2. The number of carbonyl (C=O) groups is 1. The summed E-state index contributed by atoms with van der Waals surface area (Å²) in [6.45, 7) is 4.23. The Hall–Kier alpha value is -3.24. The van der Waals surface area contributed by atoms with Gasteiger partial charge in [-0.2, -0.15) is 5.10 Å². The molecule has 2 unspecified atom stereocenters. The van der Waals surface area contributed by atoms with E-state index in [2.05, 4.69) is 25.1 Å². The summed E-state index contributed by atoms with van der Waals surface area (Å²) in [5.74, 6) is 1.65. The number of aromatic nitrogens is 4. The molecular weight excluding hydrogens is 492 g/mol. The van der Waals surface area contributed by atoms with Gasteiger partial charge in [0.1, 0.15) is 5.82 Å². The number of rotatable bonds is 5. The maximum absolute atomic E-state index is 11.7. The predicted molar refractivity (Wildman–Crippen MR) is 151 cm³/mol. The molecule has 2 amide bonds. The molecule has 0 radical (unpaired) electrons. The SMILES string of the molecule is CNC(=O)Nc1ccc(-c2nc(N3CC4CCC(C3)O4)c3cnn(C4CCC(N5CCCC5)CC4)c3n2)cc1. The van der Waals surface area contributed by atoms with Gasteiger partial charge in [-0.05, 0) is 88.7 Å². The Morgan fingerprint density at radius 3 is 2.31 bits per heavy atom. The fourth-order valence-electron chi connectivity index (χ4n) is 7.01. The highest BCUT2D eigenvalue weighted by molar-refractivity contribution is 5.90. The van der Waals surface area contributed by atoms with Crippen molar-refractivity contribution in [2.45, 2.75) is 75.7 Å². The largest absolute Gasteiger partial charge is 0.371 e. The lowest BCUT2D eigenvalue weighted by atomic mass is 9.90. The van der Waals surface area contributed by atoms with Crippen molar-refractivity contribution in [3.05, 3.63) is 30.5 Å². The Kier molecular flexibility index (Phi) is 6.60. The number of ether oxygens (including phenoxy) is 1. The number of morpholine rings is 1. The first kappa shape index (κ1) is 24.8. The zero-order valence-electron chi connectivity index (χ0n) is 22.7. The summed E-state index contributed by atoms with van der Waals surface area (Å²) in [5.41, 5.74) is 2.57. The van der Waals surface area contributed by atoms with Crippen molar-refractivity contribution in [3.63, 3.8) is 0 Å². The zero-order valence-corrected chi connectivity index (χ0v) is 22.7. The zero-order chi connectivity index (χ0) is 26.3. The van der Waals surface area contributed by atoms with Gasteiger partial charge in [-0.25, -0.2) is 19.4 Å². The van der Waals surface area contributed by atoms with E-state index in [-0.39, 0.29) is 18.2 Å². The molecule has 206 valence electrons. The van der Waals surface area contributed by atoms with Gasteiger partial charge in [-0.3, -0.25) is 0 Å². The average molecular weight is 531 g/mol. The molecule has 1 aliphatic carbocycles. The number of nitrogens with one attached hydrogen (secondary N) is 2. The van der Waals surface area contributed by atoms with Gasteiger partial charge in [-0.15, -0.1) is 0 Å². The standard InChI is InChI=1S/C29H38N8O2/c1-30-29(38)32-20-6-4-19(5-7-20)26-33-27(36-17-23-12-13-24(18-36)39-23)25-16-31-37(28(25)34-26)22-10-8-21(9-11-22)35-14-2-3-15-35/h4-7,16,21-24H,2-3,8-15,17-18H2,1H3,(H2,30,32,38). The van der Waals surface area contributed by atoms with Crippen LogP contribution in [0.1, 0.15) is 57.4 Å². The predicted octanol–water partition coefficient (Wildman–Crippen LogP) is 4.19. The van der Waals surface area contributed by atoms with Gasteiger partial charge in [0.25, 0.3) is 0 Å². The summed E-state index contributed by atoms with van der Waals surface area (Å²) in [6, 6.07) is 8.57. The molecule has 2 bridgehead atoms. The van der Waals surface area contributed by atoms with E-state index in [1.165, 1.54) is 38.8 Å². The van der Waals surface area contributed by atoms with Crippen LogP contribution in [0.5, 0.6) is 0 Å². The summed E-state index contributed by atoms with van der Waals surface area (Å²) in [4.78, 5) is 27.1. The van der Waals surface area contributed by atoms with E-state index < -0.39 is 0 Å². The molecule has 2 atom stereocenters. The van der Waals surface area contributed by atoms with Gasteiger partial charge in [0.05, 0.1) is 29.8 Å². The minimum Gasteiger partial charge on any atom is -0.371 e. The van der Waals surface area contributed by atoms with Crippen molar-refractivity contribution in [1.82, 2.24) is 30.0 Å². The summed E-state index contributed by atoms with van der Waals surface area (Å²) >= 11 is 0. The second kappa shape index (κ2) is 10.4. The minimum atomic E-state index is -0.243. The lowest BCUT2D eigenvalue weighted by molar-refractivity contribution is 0.0303. The Labute approximate surface area is 229 Å². The van der Waals surface area contributed by atoms with E-state index >= 15 is 0 Å². The van der Waals surface area contributed by atoms with Crippen molar-refractivity contribution >= 4 is 28.6 Å². The maximum Gasteiger partial charge on any atom is 0.318 e. The normalized spacial score (nSPS) is 27.3. The third kappa shape index (κ3) is 4.84. The van der Waals surface area contributed by atoms with E-state index in [0.29, 0.717) is 11.9 Å². The van der Waals surface area contributed by atoms with Gasteiger partial charge in [0.15, 0.2) is 11.5 Å². The first-order valence-corrected chi connectivity index (χ1v) is 14.6. The topological polar surface area (TPSA) is 100 Å². The lowest BCUT2D eigenvalue weighted by Crippen LogP contribution is -2.43. The van der Waals surface area contributed by atoms with E-state index in [1.807, 2.05) is 30.5 Å². The summed E-state index contributed by atoms with van der Waals surface area (Å²) in [7, 11) is 1.61. The first-order valence-electron chi connectivity index (χ1n) is 14.6. The van der Waals surface area contributed by atoms with Gasteiger partial charge in [0, 0.05) is 37.4 Å². The molecule has 3 saturated heterocycles. The molecule has 2 aromatic heterocycles. The van der Waals surface area contributed by atoms with Crippen LogP contribution in [0.25, 0.3) is 22.4 Å². The number of likely N-dealkylation sites (tertiary alicyclic amines) is 1. The van der Waals surface area contributed by atoms with Crippen LogP contribution in [0.15, 0.2) is 30.5 Å². The van der Waals surface area contributed by atoms with Gasteiger partial charge in [0.2, 0.25) is 0 Å². The quantitative estimate of drug-likeness (QED) is 0.510. The molecule has 0 spiro atoms. The van der Waals surface area contributed by atoms with E-state index in [9.17, 15) is 4.79 Å². The van der Waals surface area contributed by atoms with Crippen LogP contribution >= 0.6 is 0 Å².